The number of aromatic nitrogens is 2. The first-order chi connectivity index (χ1) is 13.6. The monoisotopic (exact) mass is 405 g/mol. The van der Waals surface area contributed by atoms with Crippen LogP contribution in [0.5, 0.6) is 0 Å². The van der Waals surface area contributed by atoms with E-state index >= 15 is 0 Å². The third kappa shape index (κ3) is 2.92. The third-order valence-corrected chi connectivity index (χ3v) is 5.55. The van der Waals surface area contributed by atoms with E-state index in [4.69, 9.17) is 0 Å². The Bertz CT molecular complexity index is 1190. The highest BCUT2D eigenvalue weighted by Crippen LogP contribution is 2.44. The number of benzene rings is 1. The van der Waals surface area contributed by atoms with E-state index in [2.05, 4.69) is 5.32 Å². The number of Topliss-reactive ketones (excluding diaryl/α,β-unsaturated/α-hetero) is 1. The summed E-state index contributed by atoms with van der Waals surface area (Å²) >= 11 is 0. The molecule has 1 unspecified atom stereocenters. The minimum Gasteiger partial charge on any atom is -0.344 e. The summed E-state index contributed by atoms with van der Waals surface area (Å²) in [6.45, 7) is 0. The van der Waals surface area contributed by atoms with Gasteiger partial charge >= 0.3 is 11.9 Å². The number of rotatable bonds is 1. The Labute approximate surface area is 163 Å². The van der Waals surface area contributed by atoms with Crippen molar-refractivity contribution in [3.05, 3.63) is 73.1 Å². The number of anilines is 1. The van der Waals surface area contributed by atoms with Crippen LogP contribution < -0.4 is 16.6 Å². The zero-order chi connectivity index (χ0) is 21.1. The van der Waals surface area contributed by atoms with Crippen LogP contribution in [-0.4, -0.2) is 14.9 Å². The van der Waals surface area contributed by atoms with Gasteiger partial charge in [0.1, 0.15) is 5.82 Å². The number of hydrogen-bond donors (Lipinski definition) is 1. The molecule has 0 bridgehead atoms. The van der Waals surface area contributed by atoms with Gasteiger partial charge in [-0.25, -0.2) is 4.79 Å². The van der Waals surface area contributed by atoms with Crippen LogP contribution in [0.15, 0.2) is 45.1 Å². The summed E-state index contributed by atoms with van der Waals surface area (Å²) in [6, 6.07) is 4.66. The molecule has 1 aliphatic heterocycles. The molecule has 0 amide bonds. The quantitative estimate of drug-likeness (QED) is 0.792. The Morgan fingerprint density at radius 1 is 1.07 bits per heavy atom. The molecule has 6 nitrogen and oxygen atoms in total. The summed E-state index contributed by atoms with van der Waals surface area (Å²) in [7, 11) is 2.79. The lowest BCUT2D eigenvalue weighted by Gasteiger charge is -2.34. The molecular formula is C20H18F3N3O3. The molecule has 2 aliphatic rings. The van der Waals surface area contributed by atoms with Gasteiger partial charge in [0.25, 0.3) is 5.56 Å². The zero-order valence-electron chi connectivity index (χ0n) is 15.8. The summed E-state index contributed by atoms with van der Waals surface area (Å²) in [5.41, 5.74) is -0.900. The number of allylic oxidation sites excluding steroid dienone is 2. The maximum Gasteiger partial charge on any atom is 0.416 e. The van der Waals surface area contributed by atoms with E-state index in [0.717, 1.165) is 16.7 Å². The topological polar surface area (TPSA) is 73.1 Å². The minimum atomic E-state index is -4.56. The first-order valence-corrected chi connectivity index (χ1v) is 9.11. The number of alkyl halides is 3. The highest BCUT2D eigenvalue weighted by molar-refractivity contribution is 6.00. The van der Waals surface area contributed by atoms with E-state index in [0.29, 0.717) is 24.1 Å². The molecular weight excluding hydrogens is 387 g/mol. The summed E-state index contributed by atoms with van der Waals surface area (Å²) in [5, 5.41) is 3.04. The summed E-state index contributed by atoms with van der Waals surface area (Å²) < 4.78 is 42.0. The fraction of sp³-hybridized carbons (Fsp3) is 0.350. The molecule has 0 fully saturated rings. The van der Waals surface area contributed by atoms with E-state index < -0.39 is 28.9 Å². The number of carbonyl (C=O) groups is 1. The highest BCUT2D eigenvalue weighted by atomic mass is 19.4. The van der Waals surface area contributed by atoms with Gasteiger partial charge in [0.15, 0.2) is 5.78 Å². The van der Waals surface area contributed by atoms with E-state index in [1.165, 1.54) is 30.8 Å². The molecule has 2 aromatic rings. The van der Waals surface area contributed by atoms with Crippen molar-refractivity contribution in [2.75, 3.05) is 5.32 Å². The summed E-state index contributed by atoms with van der Waals surface area (Å²) in [6.07, 6.45) is -3.20. The normalized spacial score (nSPS) is 18.9. The largest absolute Gasteiger partial charge is 0.416 e. The Hall–Kier alpha value is -3.10. The maximum atomic E-state index is 13.3. The van der Waals surface area contributed by atoms with Crippen LogP contribution in [0.25, 0.3) is 0 Å². The molecule has 1 atom stereocenters. The molecule has 0 saturated carbocycles. The molecule has 152 valence electrons. The van der Waals surface area contributed by atoms with Crippen molar-refractivity contribution in [1.29, 1.82) is 0 Å². The number of ketones is 1. The van der Waals surface area contributed by atoms with Crippen LogP contribution >= 0.6 is 0 Å². The van der Waals surface area contributed by atoms with Crippen LogP contribution in [-0.2, 0) is 25.1 Å². The van der Waals surface area contributed by atoms with Crippen molar-refractivity contribution in [1.82, 2.24) is 9.13 Å². The molecule has 0 radical (unpaired) electrons. The Morgan fingerprint density at radius 2 is 1.79 bits per heavy atom. The lowest BCUT2D eigenvalue weighted by atomic mass is 9.76. The van der Waals surface area contributed by atoms with Gasteiger partial charge in [0.2, 0.25) is 0 Å². The van der Waals surface area contributed by atoms with Crippen LogP contribution in [0.1, 0.15) is 41.9 Å². The lowest BCUT2D eigenvalue weighted by Crippen LogP contribution is -2.44. The standard InChI is InChI=1S/C20H18F3N3O3/c1-25-17-16(18(28)26(2)19(25)29)14(15-12(24-17)7-4-8-13(15)27)10-5-3-6-11(9-10)20(21,22)23/h3,5-6,9,14,24H,4,7-8H2,1-2H3. The second-order valence-electron chi connectivity index (χ2n) is 7.32. The average molecular weight is 405 g/mol. The Balaban J connectivity index is 2.06. The highest BCUT2D eigenvalue weighted by Gasteiger charge is 2.39. The predicted molar refractivity (Wildman–Crippen MR) is 99.7 cm³/mol. The van der Waals surface area contributed by atoms with Gasteiger partial charge in [-0.1, -0.05) is 18.2 Å². The SMILES string of the molecule is Cn1c2c(c(=O)n(C)c1=O)C(c1cccc(C(F)(F)F)c1)C1=C(CCCC1=O)N2. The molecule has 1 N–H and O–H groups in total. The first-order valence-electron chi connectivity index (χ1n) is 9.11. The zero-order valence-corrected chi connectivity index (χ0v) is 15.8. The smallest absolute Gasteiger partial charge is 0.344 e. The number of nitrogens with zero attached hydrogens (tertiary/aromatic N) is 2. The second-order valence-corrected chi connectivity index (χ2v) is 7.32. The van der Waals surface area contributed by atoms with Gasteiger partial charge in [0.05, 0.1) is 11.1 Å². The molecule has 1 aromatic heterocycles. The first kappa shape index (κ1) is 19.2. The number of nitrogens with one attached hydrogen (secondary N) is 1. The third-order valence-electron chi connectivity index (χ3n) is 5.55. The Kier molecular flexibility index (Phi) is 4.29. The van der Waals surface area contributed by atoms with Gasteiger partial charge in [-0.2, -0.15) is 13.2 Å². The van der Waals surface area contributed by atoms with E-state index in [-0.39, 0.29) is 29.1 Å². The van der Waals surface area contributed by atoms with Gasteiger partial charge in [-0.15, -0.1) is 0 Å². The fourth-order valence-corrected chi connectivity index (χ4v) is 4.13. The van der Waals surface area contributed by atoms with Crippen molar-refractivity contribution in [3.8, 4) is 0 Å². The van der Waals surface area contributed by atoms with Crippen molar-refractivity contribution in [2.24, 2.45) is 14.1 Å². The van der Waals surface area contributed by atoms with E-state index in [1.54, 1.807) is 0 Å². The fourth-order valence-electron chi connectivity index (χ4n) is 4.13. The van der Waals surface area contributed by atoms with Gasteiger partial charge < -0.3 is 5.32 Å². The van der Waals surface area contributed by atoms with Crippen molar-refractivity contribution in [2.45, 2.75) is 31.4 Å². The summed E-state index contributed by atoms with van der Waals surface area (Å²) in [5.74, 6) is -0.960. The average Bonchev–Trinajstić information content (AvgIpc) is 2.69. The molecule has 29 heavy (non-hydrogen) atoms. The van der Waals surface area contributed by atoms with Crippen molar-refractivity contribution < 1.29 is 18.0 Å². The molecule has 1 aromatic carbocycles. The van der Waals surface area contributed by atoms with Crippen molar-refractivity contribution in [3.63, 3.8) is 0 Å². The maximum absolute atomic E-state index is 13.3. The van der Waals surface area contributed by atoms with Crippen LogP contribution in [0, 0.1) is 0 Å². The molecule has 0 spiro atoms. The van der Waals surface area contributed by atoms with Gasteiger partial charge in [-0.05, 0) is 24.5 Å². The molecule has 9 heteroatoms. The van der Waals surface area contributed by atoms with Crippen LogP contribution in [0.2, 0.25) is 0 Å². The molecule has 0 saturated heterocycles. The number of halogens is 3. The lowest BCUT2D eigenvalue weighted by molar-refractivity contribution is -0.137. The van der Waals surface area contributed by atoms with E-state index in [1.807, 2.05) is 0 Å². The van der Waals surface area contributed by atoms with Crippen LogP contribution in [0.4, 0.5) is 19.0 Å². The molecule has 4 rings (SSSR count). The van der Waals surface area contributed by atoms with Crippen molar-refractivity contribution >= 4 is 11.6 Å². The summed E-state index contributed by atoms with van der Waals surface area (Å²) in [4.78, 5) is 38.1. The van der Waals surface area contributed by atoms with Gasteiger partial charge in [-0.3, -0.25) is 18.7 Å². The van der Waals surface area contributed by atoms with Gasteiger partial charge in [0, 0.05) is 37.7 Å². The molecule has 2 heterocycles. The Morgan fingerprint density at radius 3 is 2.48 bits per heavy atom. The van der Waals surface area contributed by atoms with E-state index in [9.17, 15) is 27.6 Å². The minimum absolute atomic E-state index is 0.0999. The number of carbonyl (C=O) groups excluding carboxylic acids is 1. The molecule has 1 aliphatic carbocycles. The predicted octanol–water partition coefficient (Wildman–Crippen LogP) is 2.67. The second kappa shape index (κ2) is 6.47. The number of fused-ring (bicyclic) bond motifs is 1. The van der Waals surface area contributed by atoms with Crippen LogP contribution in [0.3, 0.4) is 0 Å². The number of hydrogen-bond acceptors (Lipinski definition) is 4.